The van der Waals surface area contributed by atoms with Gasteiger partial charge in [-0.15, -0.1) is 0 Å². The van der Waals surface area contributed by atoms with Gasteiger partial charge in [-0.25, -0.2) is 8.91 Å². The minimum atomic E-state index is -0.438. The van der Waals surface area contributed by atoms with Gasteiger partial charge in [-0.2, -0.15) is 5.10 Å². The first kappa shape index (κ1) is 34.0. The summed E-state index contributed by atoms with van der Waals surface area (Å²) in [5.74, 6) is 1.57. The number of hydrogen-bond donors (Lipinski definition) is 2. The molecule has 1 radical (unpaired) electrons. The number of pyridine rings is 2. The lowest BCUT2D eigenvalue weighted by atomic mass is 9.64. The molecular weight excluding hydrogens is 592 g/mol. The van der Waals surface area contributed by atoms with Crippen LogP contribution in [0.4, 0.5) is 4.39 Å². The van der Waals surface area contributed by atoms with E-state index in [1.165, 1.54) is 30.2 Å². The summed E-state index contributed by atoms with van der Waals surface area (Å²) < 4.78 is 20.9. The van der Waals surface area contributed by atoms with Gasteiger partial charge in [0.2, 0.25) is 18.7 Å². The standard InChI is InChI=1S/C21H24BClFN2O.C12H14N2O.CH3NO/c1-4-22-19-13(2)9-18(21(3,11-25-12-27)15-6-7-15)26-20(19)14-5-8-17(24)16(23)10-14;1-8-5-10-7-11(9-3-4-9)13-14(10)12(6-8)15-2;2-1-3/h5,8-10,12,15H,4,6-7,11H2,1-3H3,(H,25,27);5-7,9H,3-4H2,1-2H3;1H,(H2,2,3). The van der Waals surface area contributed by atoms with Crippen LogP contribution in [0.1, 0.15) is 68.0 Å². The van der Waals surface area contributed by atoms with E-state index in [1.807, 2.05) is 10.6 Å². The molecule has 2 aliphatic rings. The van der Waals surface area contributed by atoms with Gasteiger partial charge in [-0.1, -0.05) is 42.8 Å². The fourth-order valence-electron chi connectivity index (χ4n) is 5.67. The summed E-state index contributed by atoms with van der Waals surface area (Å²) >= 11 is 6.03. The van der Waals surface area contributed by atoms with Crippen LogP contribution in [0.3, 0.4) is 0 Å². The number of nitrogens with zero attached hydrogens (tertiary/aromatic N) is 3. The number of halogens is 2. The second-order valence-corrected chi connectivity index (χ2v) is 12.3. The van der Waals surface area contributed by atoms with Crippen molar-refractivity contribution in [3.63, 3.8) is 0 Å². The second kappa shape index (κ2) is 14.9. The predicted molar refractivity (Wildman–Crippen MR) is 178 cm³/mol. The lowest BCUT2D eigenvalue weighted by Crippen LogP contribution is -2.39. The van der Waals surface area contributed by atoms with Crippen LogP contribution >= 0.6 is 11.6 Å². The Labute approximate surface area is 270 Å². The quantitative estimate of drug-likeness (QED) is 0.173. The largest absolute Gasteiger partial charge is 0.481 e. The van der Waals surface area contributed by atoms with Gasteiger partial charge >= 0.3 is 0 Å². The molecule has 0 spiro atoms. The minimum Gasteiger partial charge on any atom is -0.481 e. The highest BCUT2D eigenvalue weighted by Crippen LogP contribution is 2.47. The second-order valence-electron chi connectivity index (χ2n) is 11.9. The lowest BCUT2D eigenvalue weighted by molar-refractivity contribution is -0.110. The Kier molecular flexibility index (Phi) is 11.3. The molecule has 2 aliphatic carbocycles. The zero-order valence-electron chi connectivity index (χ0n) is 26.6. The highest BCUT2D eigenvalue weighted by molar-refractivity contribution is 6.55. The molecule has 0 bridgehead atoms. The van der Waals surface area contributed by atoms with Gasteiger partial charge in [0, 0.05) is 35.2 Å². The van der Waals surface area contributed by atoms with E-state index in [2.05, 4.69) is 69.3 Å². The number of primary amides is 1. The van der Waals surface area contributed by atoms with Crippen LogP contribution in [0.25, 0.3) is 16.8 Å². The highest BCUT2D eigenvalue weighted by atomic mass is 35.5. The van der Waals surface area contributed by atoms with Crippen molar-refractivity contribution in [1.29, 1.82) is 0 Å². The first-order chi connectivity index (χ1) is 21.6. The summed E-state index contributed by atoms with van der Waals surface area (Å²) in [6, 6.07) is 13.2. The molecule has 237 valence electrons. The average Bonchev–Trinajstić information content (AvgIpc) is 3.96. The highest BCUT2D eigenvalue weighted by Gasteiger charge is 2.44. The van der Waals surface area contributed by atoms with Crippen LogP contribution in [0, 0.1) is 25.6 Å². The van der Waals surface area contributed by atoms with Crippen molar-refractivity contribution >= 4 is 42.7 Å². The first-order valence-corrected chi connectivity index (χ1v) is 15.6. The molecule has 3 aromatic heterocycles. The molecule has 1 unspecified atom stereocenters. The van der Waals surface area contributed by atoms with Crippen LogP contribution < -0.4 is 21.3 Å². The summed E-state index contributed by atoms with van der Waals surface area (Å²) in [5, 5.41) is 7.51. The Morgan fingerprint density at radius 2 is 1.87 bits per heavy atom. The summed E-state index contributed by atoms with van der Waals surface area (Å²) in [6.45, 7) is 8.94. The van der Waals surface area contributed by atoms with Gasteiger partial charge in [-0.3, -0.25) is 14.6 Å². The van der Waals surface area contributed by atoms with E-state index in [4.69, 9.17) is 26.1 Å². The van der Waals surface area contributed by atoms with Crippen molar-refractivity contribution in [2.45, 2.75) is 71.0 Å². The molecule has 2 saturated carbocycles. The molecule has 3 heterocycles. The number of methoxy groups -OCH3 is 1. The zero-order valence-corrected chi connectivity index (χ0v) is 27.3. The third-order valence-corrected chi connectivity index (χ3v) is 8.67. The Balaban J connectivity index is 0.000000214. The molecule has 0 aliphatic heterocycles. The number of benzene rings is 1. The van der Waals surface area contributed by atoms with Crippen molar-refractivity contribution in [1.82, 2.24) is 19.9 Å². The topological polar surface area (TPSA) is 112 Å². The number of rotatable bonds is 10. The van der Waals surface area contributed by atoms with Crippen LogP contribution in [-0.4, -0.2) is 48.4 Å². The maximum atomic E-state index is 13.7. The number of carbonyl (C=O) groups excluding carboxylic acids is 2. The maximum Gasteiger partial charge on any atom is 0.214 e. The Morgan fingerprint density at radius 1 is 1.16 bits per heavy atom. The molecule has 4 aromatic rings. The normalized spacial score (nSPS) is 15.1. The summed E-state index contributed by atoms with van der Waals surface area (Å²) in [6.07, 6.45) is 6.71. The van der Waals surface area contributed by atoms with Crippen molar-refractivity contribution < 1.29 is 18.7 Å². The summed E-state index contributed by atoms with van der Waals surface area (Å²) in [7, 11) is 3.82. The number of aromatic nitrogens is 3. The molecule has 0 saturated heterocycles. The Morgan fingerprint density at radius 3 is 2.44 bits per heavy atom. The Hall–Kier alpha value is -3.92. The molecule has 1 atom stereocenters. The van der Waals surface area contributed by atoms with Crippen LogP contribution in [0.2, 0.25) is 11.3 Å². The van der Waals surface area contributed by atoms with Crippen LogP contribution in [0.15, 0.2) is 42.5 Å². The molecule has 11 heteroatoms. The Bertz CT molecular complexity index is 1660. The number of nitrogens with one attached hydrogen (secondary N) is 1. The van der Waals surface area contributed by atoms with E-state index in [0.717, 1.165) is 64.9 Å². The number of amides is 2. The van der Waals surface area contributed by atoms with Gasteiger partial charge in [0.25, 0.3) is 0 Å². The minimum absolute atomic E-state index is 0.0902. The molecule has 3 N–H and O–H groups in total. The number of aryl methyl sites for hydroxylation is 2. The molecule has 6 rings (SSSR count). The molecule has 2 amide bonds. The van der Waals surface area contributed by atoms with E-state index in [-0.39, 0.29) is 16.8 Å². The van der Waals surface area contributed by atoms with Crippen molar-refractivity contribution in [2.24, 2.45) is 11.7 Å². The number of hydrogen-bond acceptors (Lipinski definition) is 5. The zero-order chi connectivity index (χ0) is 32.7. The number of ether oxygens (including phenoxy) is 1. The van der Waals surface area contributed by atoms with Crippen molar-refractivity contribution in [3.8, 4) is 17.1 Å². The SMILES string of the molecule is CC[B]c1c(C)cc(C(C)(CNC=O)C2CC2)nc1-c1ccc(F)c(Cl)c1.COc1cc(C)cc2cc(C3CC3)nn12.NC=O. The van der Waals surface area contributed by atoms with E-state index in [0.29, 0.717) is 18.4 Å². The fourth-order valence-corrected chi connectivity index (χ4v) is 5.85. The van der Waals surface area contributed by atoms with Crippen molar-refractivity contribution in [2.75, 3.05) is 13.7 Å². The number of carbonyl (C=O) groups is 2. The monoisotopic (exact) mass is 632 g/mol. The predicted octanol–water partition coefficient (Wildman–Crippen LogP) is 5.66. The first-order valence-electron chi connectivity index (χ1n) is 15.3. The third kappa shape index (κ3) is 8.03. The summed E-state index contributed by atoms with van der Waals surface area (Å²) in [4.78, 5) is 24.5. The fraction of sp³-hybridized carbons (Fsp3) is 0.412. The van der Waals surface area contributed by atoms with E-state index in [9.17, 15) is 9.18 Å². The number of fused-ring (bicyclic) bond motifs is 1. The maximum absolute atomic E-state index is 13.7. The molecule has 1 aromatic carbocycles. The third-order valence-electron chi connectivity index (χ3n) is 8.38. The molecule has 8 nitrogen and oxygen atoms in total. The summed E-state index contributed by atoms with van der Waals surface area (Å²) in [5.41, 5.74) is 12.2. The van der Waals surface area contributed by atoms with Gasteiger partial charge in [0.05, 0.1) is 29.0 Å². The van der Waals surface area contributed by atoms with Crippen LogP contribution in [0.5, 0.6) is 5.88 Å². The van der Waals surface area contributed by atoms with Gasteiger partial charge < -0.3 is 15.8 Å². The van der Waals surface area contributed by atoms with Gasteiger partial charge in [0.15, 0.2) is 7.28 Å². The van der Waals surface area contributed by atoms with E-state index in [1.54, 1.807) is 19.2 Å². The molecule has 2 fully saturated rings. The van der Waals surface area contributed by atoms with Crippen LogP contribution in [-0.2, 0) is 15.0 Å². The van der Waals surface area contributed by atoms with Gasteiger partial charge in [-0.05, 0) is 87.4 Å². The smallest absolute Gasteiger partial charge is 0.214 e. The lowest BCUT2D eigenvalue weighted by Gasteiger charge is -2.30. The molecular formula is C34H41BClFN5O3. The van der Waals surface area contributed by atoms with E-state index < -0.39 is 5.82 Å². The average molecular weight is 633 g/mol. The van der Waals surface area contributed by atoms with E-state index >= 15 is 0 Å². The number of nitrogens with two attached hydrogens (primary N) is 1. The molecule has 45 heavy (non-hydrogen) atoms. The van der Waals surface area contributed by atoms with Gasteiger partial charge in [0.1, 0.15) is 5.82 Å². The van der Waals surface area contributed by atoms with Crippen molar-refractivity contribution in [3.05, 3.63) is 75.8 Å².